The Morgan fingerprint density at radius 1 is 1.82 bits per heavy atom. The summed E-state index contributed by atoms with van der Waals surface area (Å²) < 4.78 is 4.52. The van der Waals surface area contributed by atoms with E-state index in [0.717, 1.165) is 6.42 Å². The van der Waals surface area contributed by atoms with Crippen LogP contribution in [-0.4, -0.2) is 19.1 Å². The lowest BCUT2D eigenvalue weighted by Gasteiger charge is -2.07. The van der Waals surface area contributed by atoms with Crippen LogP contribution in [0.2, 0.25) is 0 Å². The van der Waals surface area contributed by atoms with Crippen molar-refractivity contribution < 1.29 is 9.53 Å². The summed E-state index contributed by atoms with van der Waals surface area (Å²) in [6.45, 7) is 2.15. The first-order valence-electron chi connectivity index (χ1n) is 3.97. The summed E-state index contributed by atoms with van der Waals surface area (Å²) in [4.78, 5) is 10.8. The molecule has 0 aromatic rings. The van der Waals surface area contributed by atoms with E-state index in [9.17, 15) is 4.79 Å². The second-order valence-corrected chi connectivity index (χ2v) is 3.32. The van der Waals surface area contributed by atoms with Crippen molar-refractivity contribution in [2.75, 3.05) is 7.11 Å². The van der Waals surface area contributed by atoms with E-state index in [2.05, 4.69) is 11.7 Å². The molecule has 2 N–H and O–H groups in total. The minimum Gasteiger partial charge on any atom is -0.469 e. The van der Waals surface area contributed by atoms with Crippen LogP contribution < -0.4 is 5.73 Å². The molecule has 64 valence electrons. The Balaban J connectivity index is 2.21. The van der Waals surface area contributed by atoms with Crippen molar-refractivity contribution >= 4 is 5.97 Å². The van der Waals surface area contributed by atoms with Crippen LogP contribution in [0.1, 0.15) is 19.8 Å². The second kappa shape index (κ2) is 3.22. The van der Waals surface area contributed by atoms with Gasteiger partial charge in [0, 0.05) is 6.04 Å². The van der Waals surface area contributed by atoms with Gasteiger partial charge in [-0.2, -0.15) is 0 Å². The van der Waals surface area contributed by atoms with Gasteiger partial charge in [-0.1, -0.05) is 6.92 Å². The zero-order valence-electron chi connectivity index (χ0n) is 7.04. The number of rotatable bonds is 3. The fraction of sp³-hybridized carbons (Fsp3) is 0.875. The minimum absolute atomic E-state index is 0.0115. The maximum absolute atomic E-state index is 10.8. The van der Waals surface area contributed by atoms with Crippen molar-refractivity contribution in [3.05, 3.63) is 0 Å². The molecular weight excluding hydrogens is 142 g/mol. The van der Waals surface area contributed by atoms with E-state index in [1.165, 1.54) is 7.11 Å². The average Bonchev–Trinajstić information content (AvgIpc) is 2.66. The Labute approximate surface area is 66.9 Å². The van der Waals surface area contributed by atoms with E-state index in [-0.39, 0.29) is 12.0 Å². The van der Waals surface area contributed by atoms with Gasteiger partial charge < -0.3 is 10.5 Å². The van der Waals surface area contributed by atoms with Crippen molar-refractivity contribution in [2.24, 2.45) is 17.6 Å². The van der Waals surface area contributed by atoms with Crippen molar-refractivity contribution in [2.45, 2.75) is 25.8 Å². The number of carbonyl (C=O) groups excluding carboxylic acids is 1. The Kier molecular flexibility index (Phi) is 2.49. The van der Waals surface area contributed by atoms with Gasteiger partial charge in [0.2, 0.25) is 0 Å². The number of nitrogens with two attached hydrogens (primary N) is 1. The number of ether oxygens (including phenoxy) is 1. The molecule has 0 amide bonds. The Hall–Kier alpha value is -0.570. The predicted octanol–water partition coefficient (Wildman–Crippen LogP) is 0.533. The summed E-state index contributed by atoms with van der Waals surface area (Å²) in [6.07, 6.45) is 1.53. The molecule has 0 aromatic carbocycles. The number of hydrogen-bond donors (Lipinski definition) is 1. The van der Waals surface area contributed by atoms with Gasteiger partial charge in [0.25, 0.3) is 0 Å². The van der Waals surface area contributed by atoms with Gasteiger partial charge in [-0.3, -0.25) is 4.79 Å². The molecule has 0 bridgehead atoms. The van der Waals surface area contributed by atoms with Gasteiger partial charge in [0.05, 0.1) is 13.5 Å². The van der Waals surface area contributed by atoms with Crippen LogP contribution in [0.15, 0.2) is 0 Å². The van der Waals surface area contributed by atoms with Gasteiger partial charge in [0.1, 0.15) is 0 Å². The largest absolute Gasteiger partial charge is 0.469 e. The highest BCUT2D eigenvalue weighted by Gasteiger charge is 2.38. The van der Waals surface area contributed by atoms with Crippen molar-refractivity contribution in [3.8, 4) is 0 Å². The molecule has 0 spiro atoms. The first-order chi connectivity index (χ1) is 5.15. The van der Waals surface area contributed by atoms with E-state index in [4.69, 9.17) is 5.73 Å². The number of methoxy groups -OCH3 is 1. The normalized spacial score (nSPS) is 31.2. The summed E-state index contributed by atoms with van der Waals surface area (Å²) in [6, 6.07) is 0.0115. The number of carbonyl (C=O) groups is 1. The van der Waals surface area contributed by atoms with Crippen LogP contribution >= 0.6 is 0 Å². The van der Waals surface area contributed by atoms with Crippen molar-refractivity contribution in [3.63, 3.8) is 0 Å². The smallest absolute Gasteiger partial charge is 0.307 e. The monoisotopic (exact) mass is 157 g/mol. The zero-order valence-corrected chi connectivity index (χ0v) is 7.04. The maximum atomic E-state index is 10.8. The van der Waals surface area contributed by atoms with Crippen LogP contribution in [0, 0.1) is 11.8 Å². The highest BCUT2D eigenvalue weighted by Crippen LogP contribution is 2.40. The minimum atomic E-state index is -0.198. The summed E-state index contributed by atoms with van der Waals surface area (Å²) in [5.74, 6) is 1.06. The van der Waals surface area contributed by atoms with Crippen LogP contribution in [0.4, 0.5) is 0 Å². The van der Waals surface area contributed by atoms with Gasteiger partial charge in [-0.15, -0.1) is 0 Å². The quantitative estimate of drug-likeness (QED) is 0.608. The van der Waals surface area contributed by atoms with E-state index in [0.29, 0.717) is 18.3 Å². The molecule has 0 heterocycles. The third-order valence-electron chi connectivity index (χ3n) is 2.35. The molecule has 3 nitrogen and oxygen atoms in total. The number of esters is 1. The lowest BCUT2D eigenvalue weighted by atomic mass is 10.1. The maximum Gasteiger partial charge on any atom is 0.307 e. The molecule has 3 heteroatoms. The molecule has 1 fully saturated rings. The zero-order chi connectivity index (χ0) is 8.43. The van der Waals surface area contributed by atoms with E-state index < -0.39 is 0 Å². The molecule has 0 saturated heterocycles. The Bertz CT molecular complexity index is 158. The lowest BCUT2D eigenvalue weighted by Crippen LogP contribution is -2.27. The van der Waals surface area contributed by atoms with Gasteiger partial charge in [-0.25, -0.2) is 0 Å². The third-order valence-corrected chi connectivity index (χ3v) is 2.35. The Morgan fingerprint density at radius 3 is 2.73 bits per heavy atom. The molecule has 0 aliphatic heterocycles. The van der Waals surface area contributed by atoms with Gasteiger partial charge in [-0.05, 0) is 18.3 Å². The number of hydrogen-bond acceptors (Lipinski definition) is 3. The topological polar surface area (TPSA) is 52.3 Å². The van der Waals surface area contributed by atoms with Gasteiger partial charge >= 0.3 is 5.97 Å². The Morgan fingerprint density at radius 2 is 2.36 bits per heavy atom. The standard InChI is InChI=1S/C8H15NO2/c1-5-3-6(5)7(9)4-8(10)11-2/h5-7H,3-4,9H2,1-2H3/t5?,6?,7-/m0/s1. The first-order valence-corrected chi connectivity index (χ1v) is 3.97. The highest BCUT2D eigenvalue weighted by atomic mass is 16.5. The molecule has 1 aliphatic carbocycles. The van der Waals surface area contributed by atoms with Crippen LogP contribution in [0.25, 0.3) is 0 Å². The highest BCUT2D eigenvalue weighted by molar-refractivity contribution is 5.70. The van der Waals surface area contributed by atoms with Crippen LogP contribution in [0.3, 0.4) is 0 Å². The lowest BCUT2D eigenvalue weighted by molar-refractivity contribution is -0.141. The molecule has 1 rings (SSSR count). The molecule has 1 aliphatic rings. The van der Waals surface area contributed by atoms with E-state index >= 15 is 0 Å². The fourth-order valence-electron chi connectivity index (χ4n) is 1.37. The van der Waals surface area contributed by atoms with Gasteiger partial charge in [0.15, 0.2) is 0 Å². The third kappa shape index (κ3) is 2.19. The summed E-state index contributed by atoms with van der Waals surface area (Å²) in [7, 11) is 1.39. The predicted molar refractivity (Wildman–Crippen MR) is 41.9 cm³/mol. The summed E-state index contributed by atoms with van der Waals surface area (Å²) >= 11 is 0. The summed E-state index contributed by atoms with van der Waals surface area (Å²) in [5.41, 5.74) is 5.75. The van der Waals surface area contributed by atoms with Crippen LogP contribution in [0.5, 0.6) is 0 Å². The molecule has 0 aromatic heterocycles. The molecule has 3 atom stereocenters. The van der Waals surface area contributed by atoms with Crippen LogP contribution in [-0.2, 0) is 9.53 Å². The fourth-order valence-corrected chi connectivity index (χ4v) is 1.37. The average molecular weight is 157 g/mol. The second-order valence-electron chi connectivity index (χ2n) is 3.32. The van der Waals surface area contributed by atoms with Crippen molar-refractivity contribution in [1.82, 2.24) is 0 Å². The molecule has 2 unspecified atom stereocenters. The molecular formula is C8H15NO2. The first kappa shape index (κ1) is 8.53. The van der Waals surface area contributed by atoms with E-state index in [1.807, 2.05) is 0 Å². The SMILES string of the molecule is COC(=O)C[C@H](N)C1CC1C. The summed E-state index contributed by atoms with van der Waals surface area (Å²) in [5, 5.41) is 0. The van der Waals surface area contributed by atoms with E-state index in [1.54, 1.807) is 0 Å². The van der Waals surface area contributed by atoms with Crippen molar-refractivity contribution in [1.29, 1.82) is 0 Å². The molecule has 1 saturated carbocycles. The molecule has 11 heavy (non-hydrogen) atoms. The molecule has 0 radical (unpaired) electrons.